The van der Waals surface area contributed by atoms with Crippen LogP contribution in [-0.4, -0.2) is 40.4 Å². The fraction of sp³-hybridized carbons (Fsp3) is 0.238. The number of carboxylic acid groups (broad SMARTS) is 1. The van der Waals surface area contributed by atoms with Gasteiger partial charge in [-0.15, -0.1) is 0 Å². The monoisotopic (exact) mass is 428 g/mol. The average molecular weight is 429 g/mol. The molecule has 0 fully saturated rings. The normalized spacial score (nSPS) is 10.6. The fourth-order valence-electron chi connectivity index (χ4n) is 3.11. The summed E-state index contributed by atoms with van der Waals surface area (Å²) in [6.45, 7) is 3.72. The van der Waals surface area contributed by atoms with E-state index < -0.39 is 6.09 Å². The van der Waals surface area contributed by atoms with Crippen molar-refractivity contribution in [2.45, 2.75) is 20.4 Å². The molecule has 30 heavy (non-hydrogen) atoms. The quantitative estimate of drug-likeness (QED) is 0.576. The van der Waals surface area contributed by atoms with E-state index in [-0.39, 0.29) is 18.2 Å². The van der Waals surface area contributed by atoms with Crippen molar-refractivity contribution in [2.24, 2.45) is 0 Å². The van der Waals surface area contributed by atoms with E-state index in [9.17, 15) is 9.90 Å². The van der Waals surface area contributed by atoms with Gasteiger partial charge in [0.25, 0.3) is 0 Å². The maximum atomic E-state index is 12.1. The number of nitrogens with zero attached hydrogens (tertiary/aromatic N) is 4. The van der Waals surface area contributed by atoms with Crippen molar-refractivity contribution >= 4 is 23.5 Å². The molecule has 3 heterocycles. The minimum Gasteiger partial charge on any atom is -0.496 e. The molecule has 0 radical (unpaired) electrons. The van der Waals surface area contributed by atoms with E-state index in [0.717, 1.165) is 21.6 Å². The first-order valence-electron chi connectivity index (χ1n) is 9.01. The Morgan fingerprint density at radius 1 is 1.13 bits per heavy atom. The molecule has 1 amide bonds. The van der Waals surface area contributed by atoms with Crippen LogP contribution in [-0.2, 0) is 6.54 Å². The van der Waals surface area contributed by atoms with Crippen LogP contribution in [0.2, 0.25) is 5.15 Å². The van der Waals surface area contributed by atoms with Crippen LogP contribution >= 0.6 is 11.6 Å². The topological polar surface area (TPSA) is 97.7 Å². The molecule has 0 unspecified atom stereocenters. The lowest BCUT2D eigenvalue weighted by Gasteiger charge is -2.21. The molecule has 0 aliphatic rings. The van der Waals surface area contributed by atoms with Crippen LogP contribution < -0.4 is 14.4 Å². The number of carbonyl (C=O) groups is 1. The highest BCUT2D eigenvalue weighted by atomic mass is 35.5. The third-order valence-corrected chi connectivity index (χ3v) is 4.83. The zero-order chi connectivity index (χ0) is 21.8. The van der Waals surface area contributed by atoms with E-state index in [1.807, 2.05) is 13.8 Å². The van der Waals surface area contributed by atoms with Crippen LogP contribution in [0.1, 0.15) is 16.8 Å². The molecule has 3 aromatic rings. The lowest BCUT2D eigenvalue weighted by molar-refractivity contribution is 0.201. The average Bonchev–Trinajstić information content (AvgIpc) is 2.73. The van der Waals surface area contributed by atoms with Gasteiger partial charge in [0, 0.05) is 29.6 Å². The standard InChI is InChI=1S/C21H21ClN4O4/c1-12-10-24-16(13(2)20(12)30-4)11-26(21(27)28)18-8-15(9-19(25-18)29-3)14-5-6-23-17(22)7-14/h5-10H,11H2,1-4H3,(H,27,28). The minimum absolute atomic E-state index is 0.00544. The number of aryl methyl sites for hydroxylation is 1. The molecule has 3 aromatic heterocycles. The van der Waals surface area contributed by atoms with Crippen LogP contribution in [0.3, 0.4) is 0 Å². The molecular formula is C21H21ClN4O4. The van der Waals surface area contributed by atoms with Gasteiger partial charge in [-0.25, -0.2) is 9.78 Å². The van der Waals surface area contributed by atoms with Crippen LogP contribution in [0.25, 0.3) is 11.1 Å². The number of pyridine rings is 3. The van der Waals surface area contributed by atoms with Crippen molar-refractivity contribution in [2.75, 3.05) is 19.1 Å². The number of rotatable bonds is 6. The van der Waals surface area contributed by atoms with Gasteiger partial charge in [-0.05, 0) is 43.2 Å². The molecule has 0 aliphatic heterocycles. The van der Waals surface area contributed by atoms with Crippen LogP contribution in [0.5, 0.6) is 11.6 Å². The van der Waals surface area contributed by atoms with Crippen molar-refractivity contribution < 1.29 is 19.4 Å². The van der Waals surface area contributed by atoms with Crippen molar-refractivity contribution in [1.82, 2.24) is 15.0 Å². The Kier molecular flexibility index (Phi) is 6.37. The Morgan fingerprint density at radius 2 is 1.90 bits per heavy atom. The number of halogens is 1. The lowest BCUT2D eigenvalue weighted by atomic mass is 10.1. The SMILES string of the molecule is COc1cc(-c2ccnc(Cl)c2)cc(N(Cc2ncc(C)c(OC)c2C)C(=O)O)n1. The molecule has 0 aromatic carbocycles. The Labute approximate surface area is 179 Å². The smallest absolute Gasteiger partial charge is 0.413 e. The van der Waals surface area contributed by atoms with E-state index in [1.165, 1.54) is 7.11 Å². The van der Waals surface area contributed by atoms with Crippen LogP contribution in [0.4, 0.5) is 10.6 Å². The zero-order valence-electron chi connectivity index (χ0n) is 17.0. The largest absolute Gasteiger partial charge is 0.496 e. The molecule has 0 aliphatic carbocycles. The number of ether oxygens (including phenoxy) is 2. The number of methoxy groups -OCH3 is 2. The molecule has 0 spiro atoms. The van der Waals surface area contributed by atoms with E-state index in [2.05, 4.69) is 15.0 Å². The van der Waals surface area contributed by atoms with Crippen LogP contribution in [0, 0.1) is 13.8 Å². The molecule has 0 saturated heterocycles. The van der Waals surface area contributed by atoms with E-state index >= 15 is 0 Å². The Bertz CT molecular complexity index is 1090. The second-order valence-corrected chi connectivity index (χ2v) is 6.93. The summed E-state index contributed by atoms with van der Waals surface area (Å²) < 4.78 is 10.7. The molecule has 8 nitrogen and oxygen atoms in total. The Hall–Kier alpha value is -3.39. The highest BCUT2D eigenvalue weighted by Crippen LogP contribution is 2.30. The third-order valence-electron chi connectivity index (χ3n) is 4.62. The predicted octanol–water partition coefficient (Wildman–Crippen LogP) is 4.51. The highest BCUT2D eigenvalue weighted by molar-refractivity contribution is 6.29. The van der Waals surface area contributed by atoms with Gasteiger partial charge in [-0.2, -0.15) is 4.98 Å². The number of hydrogen-bond acceptors (Lipinski definition) is 6. The van der Waals surface area contributed by atoms with Crippen LogP contribution in [0.15, 0.2) is 36.7 Å². The van der Waals surface area contributed by atoms with Gasteiger partial charge in [0.2, 0.25) is 5.88 Å². The van der Waals surface area contributed by atoms with Gasteiger partial charge in [0.1, 0.15) is 16.7 Å². The number of hydrogen-bond donors (Lipinski definition) is 1. The van der Waals surface area contributed by atoms with Gasteiger partial charge >= 0.3 is 6.09 Å². The molecule has 0 saturated carbocycles. The van der Waals surface area contributed by atoms with Gasteiger partial charge in [-0.3, -0.25) is 9.88 Å². The van der Waals surface area contributed by atoms with Gasteiger partial charge in [0.05, 0.1) is 26.5 Å². The summed E-state index contributed by atoms with van der Waals surface area (Å²) in [5.74, 6) is 1.15. The van der Waals surface area contributed by atoms with Crippen molar-refractivity contribution in [3.8, 4) is 22.8 Å². The molecule has 3 rings (SSSR count). The minimum atomic E-state index is -1.17. The fourth-order valence-corrected chi connectivity index (χ4v) is 3.28. The van der Waals surface area contributed by atoms with Crippen molar-refractivity contribution in [3.63, 3.8) is 0 Å². The number of amides is 1. The number of anilines is 1. The van der Waals surface area contributed by atoms with Gasteiger partial charge < -0.3 is 14.6 Å². The summed E-state index contributed by atoms with van der Waals surface area (Å²) in [6.07, 6.45) is 2.06. The van der Waals surface area contributed by atoms with Gasteiger partial charge in [0.15, 0.2) is 0 Å². The van der Waals surface area contributed by atoms with E-state index in [4.69, 9.17) is 21.1 Å². The molecule has 0 bridgehead atoms. The summed E-state index contributed by atoms with van der Waals surface area (Å²) in [7, 11) is 3.04. The molecule has 1 N–H and O–H groups in total. The first-order valence-corrected chi connectivity index (χ1v) is 9.39. The second-order valence-electron chi connectivity index (χ2n) is 6.54. The highest BCUT2D eigenvalue weighted by Gasteiger charge is 2.21. The summed E-state index contributed by atoms with van der Waals surface area (Å²) in [5.41, 5.74) is 3.66. The number of aromatic nitrogens is 3. The molecule has 9 heteroatoms. The van der Waals surface area contributed by atoms with Crippen molar-refractivity contribution in [3.05, 3.63) is 58.6 Å². The van der Waals surface area contributed by atoms with Crippen molar-refractivity contribution in [1.29, 1.82) is 0 Å². The summed E-state index contributed by atoms with van der Waals surface area (Å²) in [4.78, 5) is 25.9. The van der Waals surface area contributed by atoms with E-state index in [1.54, 1.807) is 43.8 Å². The maximum absolute atomic E-state index is 12.1. The second kappa shape index (κ2) is 8.96. The maximum Gasteiger partial charge on any atom is 0.413 e. The Morgan fingerprint density at radius 3 is 2.53 bits per heavy atom. The molecular weight excluding hydrogens is 408 g/mol. The zero-order valence-corrected chi connectivity index (χ0v) is 17.8. The summed E-state index contributed by atoms with van der Waals surface area (Å²) in [5, 5.41) is 10.2. The predicted molar refractivity (Wildman–Crippen MR) is 114 cm³/mol. The third kappa shape index (κ3) is 4.44. The molecule has 156 valence electrons. The Balaban J connectivity index is 2.07. The summed E-state index contributed by atoms with van der Waals surface area (Å²) in [6, 6.07) is 6.81. The first kappa shape index (κ1) is 21.3. The molecule has 0 atom stereocenters. The lowest BCUT2D eigenvalue weighted by Crippen LogP contribution is -2.30. The summed E-state index contributed by atoms with van der Waals surface area (Å²) >= 11 is 6.00. The van der Waals surface area contributed by atoms with E-state index in [0.29, 0.717) is 22.2 Å². The first-order chi connectivity index (χ1) is 14.3. The van der Waals surface area contributed by atoms with Gasteiger partial charge in [-0.1, -0.05) is 11.6 Å².